The molecule has 0 aromatic rings. The molecule has 1 unspecified atom stereocenters. The second kappa shape index (κ2) is 3.35. The number of nitriles is 1. The van der Waals surface area contributed by atoms with E-state index in [9.17, 15) is 4.79 Å². The van der Waals surface area contributed by atoms with Gasteiger partial charge in [0, 0.05) is 6.54 Å². The van der Waals surface area contributed by atoms with Gasteiger partial charge in [0.2, 0.25) is 5.91 Å². The van der Waals surface area contributed by atoms with E-state index < -0.39 is 6.10 Å². The van der Waals surface area contributed by atoms with Crippen LogP contribution in [0.2, 0.25) is 0 Å². The molecule has 1 saturated heterocycles. The Balaban J connectivity index is 2.52. The highest BCUT2D eigenvalue weighted by molar-refractivity contribution is 5.78. The maximum atomic E-state index is 11.0. The third-order valence-corrected chi connectivity index (χ3v) is 1.67. The van der Waals surface area contributed by atoms with Crippen molar-refractivity contribution in [1.82, 2.24) is 4.90 Å². The molecular weight excluding hydrogens is 144 g/mol. The molecular formula is C7H10N2O2. The van der Waals surface area contributed by atoms with Crippen LogP contribution in [-0.2, 0) is 9.53 Å². The van der Waals surface area contributed by atoms with E-state index in [0.717, 1.165) is 0 Å². The van der Waals surface area contributed by atoms with Crippen LogP contribution in [0.5, 0.6) is 0 Å². The fourth-order valence-electron chi connectivity index (χ4n) is 1.00. The van der Waals surface area contributed by atoms with Gasteiger partial charge in [0.1, 0.15) is 6.61 Å². The first-order valence-corrected chi connectivity index (χ1v) is 3.57. The SMILES string of the molecule is CCN1CC(C#N)OCC1=O. The standard InChI is InChI=1S/C7H10N2O2/c1-2-9-4-6(3-8)11-5-7(9)10/h6H,2,4-5H2,1H3. The van der Waals surface area contributed by atoms with Crippen molar-refractivity contribution in [3.8, 4) is 6.07 Å². The lowest BCUT2D eigenvalue weighted by Crippen LogP contribution is -2.45. The fraction of sp³-hybridized carbons (Fsp3) is 0.714. The summed E-state index contributed by atoms with van der Waals surface area (Å²) in [6.07, 6.45) is -0.437. The molecule has 0 aromatic heterocycles. The minimum atomic E-state index is -0.437. The number of carbonyl (C=O) groups is 1. The van der Waals surface area contributed by atoms with Crippen LogP contribution in [0.4, 0.5) is 0 Å². The van der Waals surface area contributed by atoms with Crippen molar-refractivity contribution in [3.05, 3.63) is 0 Å². The van der Waals surface area contributed by atoms with Crippen LogP contribution < -0.4 is 0 Å². The molecule has 0 N–H and O–H groups in total. The molecule has 0 spiro atoms. The maximum Gasteiger partial charge on any atom is 0.248 e. The molecule has 1 heterocycles. The Bertz CT molecular complexity index is 197. The molecule has 1 aliphatic heterocycles. The first-order chi connectivity index (χ1) is 5.27. The zero-order chi connectivity index (χ0) is 8.27. The number of ether oxygens (including phenoxy) is 1. The number of rotatable bonds is 1. The van der Waals surface area contributed by atoms with Gasteiger partial charge in [0.15, 0.2) is 6.10 Å². The van der Waals surface area contributed by atoms with Gasteiger partial charge in [0.25, 0.3) is 0 Å². The lowest BCUT2D eigenvalue weighted by atomic mass is 10.3. The molecule has 11 heavy (non-hydrogen) atoms. The van der Waals surface area contributed by atoms with Crippen LogP contribution in [0.1, 0.15) is 6.92 Å². The van der Waals surface area contributed by atoms with Crippen molar-refractivity contribution < 1.29 is 9.53 Å². The highest BCUT2D eigenvalue weighted by atomic mass is 16.5. The Labute approximate surface area is 65.4 Å². The van der Waals surface area contributed by atoms with Crippen LogP contribution in [0.15, 0.2) is 0 Å². The highest BCUT2D eigenvalue weighted by Gasteiger charge is 2.24. The average molecular weight is 154 g/mol. The van der Waals surface area contributed by atoms with Crippen LogP contribution in [0.25, 0.3) is 0 Å². The Kier molecular flexibility index (Phi) is 2.44. The summed E-state index contributed by atoms with van der Waals surface area (Å²) in [6, 6.07) is 1.97. The molecule has 4 heteroatoms. The maximum absolute atomic E-state index is 11.0. The van der Waals surface area contributed by atoms with Gasteiger partial charge in [-0.25, -0.2) is 0 Å². The van der Waals surface area contributed by atoms with Crippen LogP contribution in [0, 0.1) is 11.3 Å². The van der Waals surface area contributed by atoms with Crippen LogP contribution in [-0.4, -0.2) is 36.6 Å². The summed E-state index contributed by atoms with van der Waals surface area (Å²) in [4.78, 5) is 12.6. The van der Waals surface area contributed by atoms with Crippen LogP contribution >= 0.6 is 0 Å². The highest BCUT2D eigenvalue weighted by Crippen LogP contribution is 2.04. The van der Waals surface area contributed by atoms with E-state index in [-0.39, 0.29) is 12.5 Å². The predicted octanol–water partition coefficient (Wildman–Crippen LogP) is -0.243. The molecule has 1 atom stereocenters. The van der Waals surface area contributed by atoms with E-state index in [1.807, 2.05) is 13.0 Å². The molecule has 1 amide bonds. The summed E-state index contributed by atoms with van der Waals surface area (Å²) in [5, 5.41) is 8.48. The van der Waals surface area contributed by atoms with Crippen molar-refractivity contribution in [1.29, 1.82) is 5.26 Å². The van der Waals surface area contributed by atoms with E-state index in [2.05, 4.69) is 0 Å². The fourth-order valence-corrected chi connectivity index (χ4v) is 1.00. The molecule has 60 valence electrons. The van der Waals surface area contributed by atoms with Crippen molar-refractivity contribution in [2.24, 2.45) is 0 Å². The molecule has 0 aliphatic carbocycles. The molecule has 0 bridgehead atoms. The minimum Gasteiger partial charge on any atom is -0.352 e. The van der Waals surface area contributed by atoms with Gasteiger partial charge < -0.3 is 9.64 Å². The summed E-state index contributed by atoms with van der Waals surface area (Å²) >= 11 is 0. The van der Waals surface area contributed by atoms with Gasteiger partial charge in [-0.05, 0) is 6.92 Å². The van der Waals surface area contributed by atoms with Gasteiger partial charge >= 0.3 is 0 Å². The number of carbonyl (C=O) groups excluding carboxylic acids is 1. The summed E-state index contributed by atoms with van der Waals surface area (Å²) in [5.41, 5.74) is 0. The van der Waals surface area contributed by atoms with Gasteiger partial charge in [-0.3, -0.25) is 4.79 Å². The number of morpholine rings is 1. The molecule has 1 fully saturated rings. The molecule has 0 saturated carbocycles. The zero-order valence-electron chi connectivity index (χ0n) is 6.41. The Morgan fingerprint density at radius 3 is 3.18 bits per heavy atom. The zero-order valence-corrected chi connectivity index (χ0v) is 6.41. The van der Waals surface area contributed by atoms with Crippen molar-refractivity contribution in [2.75, 3.05) is 19.7 Å². The van der Waals surface area contributed by atoms with Crippen molar-refractivity contribution >= 4 is 5.91 Å². The third kappa shape index (κ3) is 1.69. The summed E-state index contributed by atoms with van der Waals surface area (Å²) in [6.45, 7) is 3.00. The summed E-state index contributed by atoms with van der Waals surface area (Å²) in [5.74, 6) is -0.0287. The average Bonchev–Trinajstić information content (AvgIpc) is 2.05. The van der Waals surface area contributed by atoms with Gasteiger partial charge in [-0.2, -0.15) is 5.26 Å². The van der Waals surface area contributed by atoms with E-state index in [1.165, 1.54) is 0 Å². The Morgan fingerprint density at radius 1 is 1.91 bits per heavy atom. The number of hydrogen-bond acceptors (Lipinski definition) is 3. The first-order valence-electron chi connectivity index (χ1n) is 3.57. The van der Waals surface area contributed by atoms with Crippen molar-refractivity contribution in [3.63, 3.8) is 0 Å². The van der Waals surface area contributed by atoms with Gasteiger partial charge in [0.05, 0.1) is 12.6 Å². The monoisotopic (exact) mass is 154 g/mol. The normalized spacial score (nSPS) is 24.9. The van der Waals surface area contributed by atoms with E-state index in [1.54, 1.807) is 4.90 Å². The molecule has 4 nitrogen and oxygen atoms in total. The molecule has 0 radical (unpaired) electrons. The first kappa shape index (κ1) is 8.02. The van der Waals surface area contributed by atoms with Crippen LogP contribution in [0.3, 0.4) is 0 Å². The third-order valence-electron chi connectivity index (χ3n) is 1.67. The summed E-state index contributed by atoms with van der Waals surface area (Å²) in [7, 11) is 0. The van der Waals surface area contributed by atoms with E-state index >= 15 is 0 Å². The smallest absolute Gasteiger partial charge is 0.248 e. The number of hydrogen-bond donors (Lipinski definition) is 0. The van der Waals surface area contributed by atoms with E-state index in [0.29, 0.717) is 13.1 Å². The second-order valence-corrected chi connectivity index (χ2v) is 2.36. The van der Waals surface area contributed by atoms with Crippen molar-refractivity contribution in [2.45, 2.75) is 13.0 Å². The van der Waals surface area contributed by atoms with Gasteiger partial charge in [-0.1, -0.05) is 0 Å². The number of nitrogens with zero attached hydrogens (tertiary/aromatic N) is 2. The quantitative estimate of drug-likeness (QED) is 0.523. The molecule has 1 aliphatic rings. The minimum absolute atomic E-state index is 0.0287. The lowest BCUT2D eigenvalue weighted by molar-refractivity contribution is -0.145. The topological polar surface area (TPSA) is 53.3 Å². The predicted molar refractivity (Wildman–Crippen MR) is 37.6 cm³/mol. The summed E-state index contributed by atoms with van der Waals surface area (Å²) < 4.78 is 4.92. The molecule has 1 rings (SSSR count). The second-order valence-electron chi connectivity index (χ2n) is 2.36. The lowest BCUT2D eigenvalue weighted by Gasteiger charge is -2.28. The number of amides is 1. The Morgan fingerprint density at radius 2 is 2.64 bits per heavy atom. The largest absolute Gasteiger partial charge is 0.352 e. The van der Waals surface area contributed by atoms with Gasteiger partial charge in [-0.15, -0.1) is 0 Å². The van der Waals surface area contributed by atoms with E-state index in [4.69, 9.17) is 10.00 Å². The Hall–Kier alpha value is -1.08. The molecule has 0 aromatic carbocycles. The number of likely N-dealkylation sites (N-methyl/N-ethyl adjacent to an activating group) is 1.